The molecule has 0 aliphatic rings. The minimum atomic E-state index is -3.65. The van der Waals surface area contributed by atoms with Gasteiger partial charge in [0.15, 0.2) is 0 Å². The molecule has 1 aromatic rings. The van der Waals surface area contributed by atoms with Crippen molar-refractivity contribution >= 4 is 27.6 Å². The summed E-state index contributed by atoms with van der Waals surface area (Å²) < 4.78 is 29.1. The molecular formula is C10H12ClNO5S. The summed E-state index contributed by atoms with van der Waals surface area (Å²) in [6.45, 7) is 0. The smallest absolute Gasteiger partial charge is 0.326 e. The van der Waals surface area contributed by atoms with Crippen LogP contribution in [-0.2, 0) is 14.8 Å². The molecule has 0 radical (unpaired) electrons. The van der Waals surface area contributed by atoms with Gasteiger partial charge in [0.2, 0.25) is 10.0 Å². The van der Waals surface area contributed by atoms with Gasteiger partial charge in [0, 0.05) is 0 Å². The van der Waals surface area contributed by atoms with Crippen LogP contribution >= 0.6 is 11.6 Å². The minimum absolute atomic E-state index is 0.205. The summed E-state index contributed by atoms with van der Waals surface area (Å²) in [5.74, 6) is -0.939. The molecule has 0 fully saturated rings. The molecule has 1 aromatic carbocycles. The maximum Gasteiger partial charge on any atom is 0.326 e. The number of carboxylic acid groups (broad SMARTS) is 1. The number of sulfonamides is 1. The number of nitrogens with one attached hydrogen (secondary N) is 1. The van der Waals surface area contributed by atoms with Crippen LogP contribution in [0.25, 0.3) is 0 Å². The predicted molar refractivity (Wildman–Crippen MR) is 66.4 cm³/mol. The minimum Gasteiger partial charge on any atom is -0.495 e. The molecule has 1 rings (SSSR count). The van der Waals surface area contributed by atoms with Crippen LogP contribution in [0.3, 0.4) is 0 Å². The van der Waals surface area contributed by atoms with Gasteiger partial charge >= 0.3 is 5.97 Å². The zero-order chi connectivity index (χ0) is 13.9. The molecule has 0 aliphatic heterocycles. The van der Waals surface area contributed by atoms with Gasteiger partial charge in [-0.15, -0.1) is 0 Å². The fraction of sp³-hybridized carbons (Fsp3) is 0.300. The van der Waals surface area contributed by atoms with Gasteiger partial charge in [-0.1, -0.05) is 17.7 Å². The first-order valence-electron chi connectivity index (χ1n) is 4.78. The van der Waals surface area contributed by atoms with Crippen molar-refractivity contribution in [2.75, 3.05) is 13.4 Å². The highest BCUT2D eigenvalue weighted by Gasteiger charge is 2.24. The molecule has 0 amide bonds. The second-order valence-corrected chi connectivity index (χ2v) is 5.74. The van der Waals surface area contributed by atoms with E-state index >= 15 is 0 Å². The maximum absolute atomic E-state index is 11.1. The molecule has 100 valence electrons. The zero-order valence-electron chi connectivity index (χ0n) is 9.68. The van der Waals surface area contributed by atoms with Crippen LogP contribution in [0.15, 0.2) is 18.2 Å². The summed E-state index contributed by atoms with van der Waals surface area (Å²) >= 11 is 5.85. The summed E-state index contributed by atoms with van der Waals surface area (Å²) in [5.41, 5.74) is 0.221. The Labute approximate surface area is 110 Å². The molecule has 2 N–H and O–H groups in total. The highest BCUT2D eigenvalue weighted by atomic mass is 35.5. The summed E-state index contributed by atoms with van der Waals surface area (Å²) in [7, 11) is -2.23. The van der Waals surface area contributed by atoms with Gasteiger partial charge in [-0.05, 0) is 17.7 Å². The molecule has 0 saturated heterocycles. The number of carbonyl (C=O) groups is 1. The Morgan fingerprint density at radius 1 is 1.50 bits per heavy atom. The van der Waals surface area contributed by atoms with Crippen LogP contribution in [0.5, 0.6) is 5.75 Å². The van der Waals surface area contributed by atoms with E-state index in [-0.39, 0.29) is 10.6 Å². The summed E-state index contributed by atoms with van der Waals surface area (Å²) in [4.78, 5) is 11.0. The topological polar surface area (TPSA) is 92.7 Å². The normalized spacial score (nSPS) is 13.1. The molecule has 8 heteroatoms. The highest BCUT2D eigenvalue weighted by molar-refractivity contribution is 7.88. The second-order valence-electron chi connectivity index (χ2n) is 3.56. The molecule has 0 spiro atoms. The molecule has 0 bridgehead atoms. The molecular weight excluding hydrogens is 282 g/mol. The van der Waals surface area contributed by atoms with E-state index in [1.165, 1.54) is 25.3 Å². The first kappa shape index (κ1) is 14.7. The Balaban J connectivity index is 3.15. The fourth-order valence-corrected chi connectivity index (χ4v) is 2.27. The zero-order valence-corrected chi connectivity index (χ0v) is 11.2. The van der Waals surface area contributed by atoms with Gasteiger partial charge in [-0.3, -0.25) is 4.79 Å². The van der Waals surface area contributed by atoms with Gasteiger partial charge < -0.3 is 9.84 Å². The van der Waals surface area contributed by atoms with Crippen molar-refractivity contribution in [3.63, 3.8) is 0 Å². The summed E-state index contributed by atoms with van der Waals surface area (Å²) in [6.07, 6.45) is 0.883. The lowest BCUT2D eigenvalue weighted by molar-refractivity contribution is -0.139. The van der Waals surface area contributed by atoms with Crippen LogP contribution in [0.4, 0.5) is 0 Å². The number of hydrogen-bond acceptors (Lipinski definition) is 4. The number of methoxy groups -OCH3 is 1. The van der Waals surface area contributed by atoms with E-state index in [9.17, 15) is 13.2 Å². The third kappa shape index (κ3) is 3.86. The van der Waals surface area contributed by atoms with Crippen LogP contribution in [0.1, 0.15) is 11.6 Å². The maximum atomic E-state index is 11.1. The Bertz CT molecular complexity index is 557. The van der Waals surface area contributed by atoms with Crippen molar-refractivity contribution in [3.05, 3.63) is 28.8 Å². The first-order valence-corrected chi connectivity index (χ1v) is 7.05. The monoisotopic (exact) mass is 293 g/mol. The van der Waals surface area contributed by atoms with Crippen LogP contribution in [0, 0.1) is 0 Å². The van der Waals surface area contributed by atoms with E-state index in [4.69, 9.17) is 21.4 Å². The van der Waals surface area contributed by atoms with Gasteiger partial charge in [0.05, 0.1) is 18.4 Å². The standard InChI is InChI=1S/C10H12ClNO5S/c1-17-8-4-3-6(5-7(8)11)9(10(13)14)12-18(2,15)16/h3-5,9,12H,1-2H3,(H,13,14). The molecule has 6 nitrogen and oxygen atoms in total. The number of rotatable bonds is 5. The van der Waals surface area contributed by atoms with E-state index in [0.29, 0.717) is 5.75 Å². The van der Waals surface area contributed by atoms with Gasteiger partial charge in [-0.25, -0.2) is 8.42 Å². The van der Waals surface area contributed by atoms with E-state index in [2.05, 4.69) is 0 Å². The van der Waals surface area contributed by atoms with Gasteiger partial charge in [0.1, 0.15) is 11.8 Å². The number of aliphatic carboxylic acids is 1. The van der Waals surface area contributed by atoms with Gasteiger partial charge in [0.25, 0.3) is 0 Å². The number of carboxylic acids is 1. The lowest BCUT2D eigenvalue weighted by atomic mass is 10.1. The first-order chi connectivity index (χ1) is 8.24. The van der Waals surface area contributed by atoms with Crippen molar-refractivity contribution in [2.24, 2.45) is 0 Å². The largest absolute Gasteiger partial charge is 0.495 e. The Hall–Kier alpha value is -1.31. The van der Waals surface area contributed by atoms with Crippen molar-refractivity contribution < 1.29 is 23.1 Å². The third-order valence-corrected chi connectivity index (χ3v) is 3.05. The van der Waals surface area contributed by atoms with Crippen molar-refractivity contribution in [3.8, 4) is 5.75 Å². The fourth-order valence-electron chi connectivity index (χ4n) is 1.34. The molecule has 0 saturated carbocycles. The quantitative estimate of drug-likeness (QED) is 0.845. The number of ether oxygens (including phenoxy) is 1. The summed E-state index contributed by atoms with van der Waals surface area (Å²) in [6, 6.07) is 2.86. The van der Waals surface area contributed by atoms with E-state index in [1.54, 1.807) is 0 Å². The lowest BCUT2D eigenvalue weighted by Crippen LogP contribution is -2.32. The average Bonchev–Trinajstić information content (AvgIpc) is 2.24. The van der Waals surface area contributed by atoms with Crippen LogP contribution in [0.2, 0.25) is 5.02 Å². The number of halogens is 1. The third-order valence-electron chi connectivity index (χ3n) is 2.09. The second kappa shape index (κ2) is 5.55. The molecule has 18 heavy (non-hydrogen) atoms. The van der Waals surface area contributed by atoms with Crippen molar-refractivity contribution in [1.29, 1.82) is 0 Å². The van der Waals surface area contributed by atoms with Crippen LogP contribution in [-0.4, -0.2) is 32.9 Å². The lowest BCUT2D eigenvalue weighted by Gasteiger charge is -2.14. The molecule has 0 aliphatic carbocycles. The van der Waals surface area contributed by atoms with Crippen molar-refractivity contribution in [2.45, 2.75) is 6.04 Å². The molecule has 1 unspecified atom stereocenters. The molecule has 0 heterocycles. The number of benzene rings is 1. The Morgan fingerprint density at radius 3 is 2.50 bits per heavy atom. The Kier molecular flexibility index (Phi) is 4.55. The molecule has 1 atom stereocenters. The van der Waals surface area contributed by atoms with Crippen LogP contribution < -0.4 is 9.46 Å². The SMILES string of the molecule is COc1ccc(C(NS(C)(=O)=O)C(=O)O)cc1Cl. The predicted octanol–water partition coefficient (Wildman–Crippen LogP) is 1.02. The van der Waals surface area contributed by atoms with Crippen molar-refractivity contribution in [1.82, 2.24) is 4.72 Å². The number of hydrogen-bond donors (Lipinski definition) is 2. The Morgan fingerprint density at radius 2 is 2.11 bits per heavy atom. The van der Waals surface area contributed by atoms with E-state index < -0.39 is 22.0 Å². The van der Waals surface area contributed by atoms with E-state index in [0.717, 1.165) is 6.26 Å². The van der Waals surface area contributed by atoms with Gasteiger partial charge in [-0.2, -0.15) is 4.72 Å². The molecule has 0 aromatic heterocycles. The average molecular weight is 294 g/mol. The highest BCUT2D eigenvalue weighted by Crippen LogP contribution is 2.27. The summed E-state index contributed by atoms with van der Waals surface area (Å²) in [5, 5.41) is 9.21. The van der Waals surface area contributed by atoms with E-state index in [1.807, 2.05) is 4.72 Å².